The van der Waals surface area contributed by atoms with Gasteiger partial charge in [0.1, 0.15) is 17.2 Å². The van der Waals surface area contributed by atoms with Crippen LogP contribution in [0.3, 0.4) is 0 Å². The predicted octanol–water partition coefficient (Wildman–Crippen LogP) is 5.57. The molecule has 0 radical (unpaired) electrons. The second-order valence-corrected chi connectivity index (χ2v) is 8.62. The summed E-state index contributed by atoms with van der Waals surface area (Å²) in [7, 11) is 0. The third kappa shape index (κ3) is 5.80. The van der Waals surface area contributed by atoms with Gasteiger partial charge in [0.15, 0.2) is 5.78 Å². The predicted molar refractivity (Wildman–Crippen MR) is 125 cm³/mol. The quantitative estimate of drug-likeness (QED) is 0.443. The summed E-state index contributed by atoms with van der Waals surface area (Å²) in [4.78, 5) is 26.0. The first kappa shape index (κ1) is 23.0. The first-order chi connectivity index (χ1) is 15.9. The Morgan fingerprint density at radius 3 is 2.61 bits per heavy atom. The number of amides is 1. The molecular formula is C25H26ClN3O4. The van der Waals surface area contributed by atoms with Crippen LogP contribution >= 0.6 is 11.6 Å². The van der Waals surface area contributed by atoms with Crippen LogP contribution in [0.4, 0.5) is 4.79 Å². The van der Waals surface area contributed by atoms with Crippen LogP contribution in [0.2, 0.25) is 5.02 Å². The largest absolute Gasteiger partial charge is 0.457 e. The maximum Gasteiger partial charge on any atom is 0.344 e. The molecule has 1 fully saturated rings. The Balaban J connectivity index is 1.30. The highest BCUT2D eigenvalue weighted by atomic mass is 35.5. The maximum absolute atomic E-state index is 12.8. The molecule has 1 saturated heterocycles. The number of piperidine rings is 1. The first-order valence-electron chi connectivity index (χ1n) is 10.9. The average Bonchev–Trinajstić information content (AvgIpc) is 3.30. The number of Topliss-reactive ketones (excluding diaryl/α,β-unsaturated/α-hetero) is 1. The van der Waals surface area contributed by atoms with Gasteiger partial charge in [-0.1, -0.05) is 23.7 Å². The van der Waals surface area contributed by atoms with Crippen molar-refractivity contribution in [3.63, 3.8) is 0 Å². The normalized spacial score (nSPS) is 18.2. The number of aromatic nitrogens is 2. The molecular weight excluding hydrogens is 442 g/mol. The van der Waals surface area contributed by atoms with Crippen LogP contribution in [0.5, 0.6) is 11.5 Å². The summed E-state index contributed by atoms with van der Waals surface area (Å²) >= 11 is 5.92. The molecule has 2 aromatic carbocycles. The van der Waals surface area contributed by atoms with Gasteiger partial charge in [-0.15, -0.1) is 0 Å². The topological polar surface area (TPSA) is 73.7 Å². The number of hydrogen-bond acceptors (Lipinski definition) is 5. The number of rotatable bonds is 6. The van der Waals surface area contributed by atoms with E-state index >= 15 is 0 Å². The van der Waals surface area contributed by atoms with E-state index in [9.17, 15) is 9.59 Å². The Morgan fingerprint density at radius 2 is 1.91 bits per heavy atom. The number of hydrogen-bond donors (Lipinski definition) is 0. The minimum atomic E-state index is -0.222. The molecule has 0 bridgehead atoms. The van der Waals surface area contributed by atoms with Gasteiger partial charge in [0, 0.05) is 30.7 Å². The Morgan fingerprint density at radius 1 is 1.12 bits per heavy atom. The standard InChI is InChI=1S/C25H26ClN3O4/c1-17-14-22(10-12-28(17)25(31)29-13-11-24(27-29)18(2)30)32-16-19-4-3-5-23(15-19)33-21-8-6-20(26)7-9-21/h3-9,11,13,15,17,22H,10,12,14,16H2,1-2H3/t17-,22+/m0/s1. The second-order valence-electron chi connectivity index (χ2n) is 8.19. The number of carbonyl (C=O) groups excluding carboxylic acids is 2. The van der Waals surface area contributed by atoms with Gasteiger partial charge < -0.3 is 14.4 Å². The summed E-state index contributed by atoms with van der Waals surface area (Å²) < 4.78 is 13.3. The smallest absolute Gasteiger partial charge is 0.344 e. The number of ketones is 1. The summed E-state index contributed by atoms with van der Waals surface area (Å²) in [6, 6.07) is 16.4. The van der Waals surface area contributed by atoms with Gasteiger partial charge in [-0.2, -0.15) is 9.78 Å². The van der Waals surface area contributed by atoms with Gasteiger partial charge in [0.25, 0.3) is 0 Å². The average molecular weight is 468 g/mol. The van der Waals surface area contributed by atoms with E-state index in [4.69, 9.17) is 21.1 Å². The van der Waals surface area contributed by atoms with Crippen molar-refractivity contribution in [1.82, 2.24) is 14.7 Å². The molecule has 2 heterocycles. The van der Waals surface area contributed by atoms with Crippen LogP contribution in [-0.4, -0.2) is 45.2 Å². The van der Waals surface area contributed by atoms with Crippen molar-refractivity contribution >= 4 is 23.4 Å². The third-order valence-electron chi connectivity index (χ3n) is 5.65. The van der Waals surface area contributed by atoms with Crippen LogP contribution in [-0.2, 0) is 11.3 Å². The van der Waals surface area contributed by atoms with Crippen LogP contribution in [0.15, 0.2) is 60.8 Å². The lowest BCUT2D eigenvalue weighted by Gasteiger charge is -2.37. The van der Waals surface area contributed by atoms with E-state index in [-0.39, 0.29) is 29.7 Å². The van der Waals surface area contributed by atoms with Gasteiger partial charge in [0.2, 0.25) is 0 Å². The molecule has 1 aliphatic rings. The fourth-order valence-corrected chi connectivity index (χ4v) is 3.99. The van der Waals surface area contributed by atoms with Crippen molar-refractivity contribution in [3.05, 3.63) is 77.1 Å². The zero-order chi connectivity index (χ0) is 23.4. The summed E-state index contributed by atoms with van der Waals surface area (Å²) in [5.74, 6) is 1.29. The van der Waals surface area contributed by atoms with E-state index in [1.807, 2.05) is 43.3 Å². The molecule has 4 rings (SSSR count). The SMILES string of the molecule is CC(=O)c1ccn(C(=O)N2CC[C@@H](OCc3cccc(Oc4ccc(Cl)cc4)c3)C[C@@H]2C)n1. The number of ether oxygens (including phenoxy) is 2. The second kappa shape index (κ2) is 10.2. The highest BCUT2D eigenvalue weighted by molar-refractivity contribution is 6.30. The van der Waals surface area contributed by atoms with Gasteiger partial charge in [0.05, 0.1) is 12.7 Å². The molecule has 0 aliphatic carbocycles. The fourth-order valence-electron chi connectivity index (χ4n) is 3.87. The molecule has 0 N–H and O–H groups in total. The highest BCUT2D eigenvalue weighted by Crippen LogP contribution is 2.26. The highest BCUT2D eigenvalue weighted by Gasteiger charge is 2.30. The van der Waals surface area contributed by atoms with Gasteiger partial charge in [-0.25, -0.2) is 4.79 Å². The number of halogens is 1. The van der Waals surface area contributed by atoms with Crippen LogP contribution in [0.1, 0.15) is 42.7 Å². The molecule has 1 amide bonds. The molecule has 8 heteroatoms. The fraction of sp³-hybridized carbons (Fsp3) is 0.320. The minimum absolute atomic E-state index is 0.000741. The number of carbonyl (C=O) groups is 2. The van der Waals surface area contributed by atoms with Crippen molar-refractivity contribution < 1.29 is 19.1 Å². The maximum atomic E-state index is 12.8. The van der Waals surface area contributed by atoms with Crippen molar-refractivity contribution in [2.75, 3.05) is 6.54 Å². The molecule has 0 saturated carbocycles. The summed E-state index contributed by atoms with van der Waals surface area (Å²) in [5.41, 5.74) is 1.30. The van der Waals surface area contributed by atoms with Crippen molar-refractivity contribution in [2.24, 2.45) is 0 Å². The minimum Gasteiger partial charge on any atom is -0.457 e. The molecule has 33 heavy (non-hydrogen) atoms. The lowest BCUT2D eigenvalue weighted by Crippen LogP contribution is -2.48. The van der Waals surface area contributed by atoms with Crippen LogP contribution in [0, 0.1) is 0 Å². The van der Waals surface area contributed by atoms with E-state index < -0.39 is 0 Å². The molecule has 7 nitrogen and oxygen atoms in total. The van der Waals surface area contributed by atoms with E-state index in [0.29, 0.717) is 18.2 Å². The van der Waals surface area contributed by atoms with Gasteiger partial charge >= 0.3 is 6.03 Å². The lowest BCUT2D eigenvalue weighted by atomic mass is 10.0. The van der Waals surface area contributed by atoms with E-state index in [1.165, 1.54) is 17.8 Å². The Hall–Kier alpha value is -3.16. The van der Waals surface area contributed by atoms with E-state index in [0.717, 1.165) is 29.9 Å². The summed E-state index contributed by atoms with van der Waals surface area (Å²) in [6.45, 7) is 4.47. The zero-order valence-electron chi connectivity index (χ0n) is 18.6. The zero-order valence-corrected chi connectivity index (χ0v) is 19.4. The third-order valence-corrected chi connectivity index (χ3v) is 5.90. The monoisotopic (exact) mass is 467 g/mol. The summed E-state index contributed by atoms with van der Waals surface area (Å²) in [5, 5.41) is 4.75. The molecule has 0 unspecified atom stereocenters. The van der Waals surface area contributed by atoms with Crippen molar-refractivity contribution in [2.45, 2.75) is 45.4 Å². The number of nitrogens with zero attached hydrogens (tertiary/aromatic N) is 3. The van der Waals surface area contributed by atoms with Crippen LogP contribution in [0.25, 0.3) is 0 Å². The Bertz CT molecular complexity index is 1130. The molecule has 3 aromatic rings. The first-order valence-corrected chi connectivity index (χ1v) is 11.3. The Kier molecular flexibility index (Phi) is 7.11. The number of benzene rings is 2. The van der Waals surface area contributed by atoms with Gasteiger partial charge in [-0.3, -0.25) is 4.79 Å². The molecule has 1 aliphatic heterocycles. The van der Waals surface area contributed by atoms with E-state index in [2.05, 4.69) is 5.10 Å². The molecule has 172 valence electrons. The molecule has 1 aromatic heterocycles. The van der Waals surface area contributed by atoms with E-state index in [1.54, 1.807) is 23.1 Å². The van der Waals surface area contributed by atoms with Gasteiger partial charge in [-0.05, 0) is 67.8 Å². The number of likely N-dealkylation sites (tertiary alicyclic amines) is 1. The van der Waals surface area contributed by atoms with Crippen LogP contribution < -0.4 is 4.74 Å². The van der Waals surface area contributed by atoms with Crippen molar-refractivity contribution in [3.8, 4) is 11.5 Å². The van der Waals surface area contributed by atoms with Crippen molar-refractivity contribution in [1.29, 1.82) is 0 Å². The lowest BCUT2D eigenvalue weighted by molar-refractivity contribution is -0.0107. The molecule has 0 spiro atoms. The summed E-state index contributed by atoms with van der Waals surface area (Å²) in [6.07, 6.45) is 3.05. The molecule has 2 atom stereocenters. The Labute approximate surface area is 197 Å².